The maximum Gasteiger partial charge on any atom is 0.338 e. The molecule has 0 aliphatic rings. The summed E-state index contributed by atoms with van der Waals surface area (Å²) < 4.78 is 6.88. The van der Waals surface area contributed by atoms with Crippen LogP contribution in [0.1, 0.15) is 17.3 Å². The lowest BCUT2D eigenvalue weighted by Gasteiger charge is -2.10. The molecule has 0 spiro atoms. The van der Waals surface area contributed by atoms with Crippen molar-refractivity contribution in [1.82, 2.24) is 19.7 Å². The highest BCUT2D eigenvalue weighted by molar-refractivity contribution is 7.99. The standard InChI is InChI=1S/C29H25N5O3S/c1-3-37-28(36)20-13-15-21(16-14-20)30-26(35)18-38-29-33-32-27(34(29)2)23-17-25(19-9-5-4-6-10-19)31-24-12-8-7-11-22(23)24/h4-17H,3,18H2,1-2H3,(H,30,35). The lowest BCUT2D eigenvalue weighted by Crippen LogP contribution is -2.14. The van der Waals surface area contributed by atoms with Crippen molar-refractivity contribution in [2.24, 2.45) is 7.05 Å². The summed E-state index contributed by atoms with van der Waals surface area (Å²) in [6, 6.07) is 26.6. The zero-order valence-electron chi connectivity index (χ0n) is 20.9. The minimum atomic E-state index is -0.392. The SMILES string of the molecule is CCOC(=O)c1ccc(NC(=O)CSc2nnc(-c3cc(-c4ccccc4)nc4ccccc34)n2C)cc1. The molecule has 0 bridgehead atoms. The summed E-state index contributed by atoms with van der Waals surface area (Å²) in [6.07, 6.45) is 0. The van der Waals surface area contributed by atoms with Crippen LogP contribution in [0.3, 0.4) is 0 Å². The normalized spacial score (nSPS) is 10.9. The summed E-state index contributed by atoms with van der Waals surface area (Å²) in [7, 11) is 1.89. The summed E-state index contributed by atoms with van der Waals surface area (Å²) in [6.45, 7) is 2.06. The van der Waals surface area contributed by atoms with Gasteiger partial charge in [0.1, 0.15) is 0 Å². The predicted octanol–water partition coefficient (Wildman–Crippen LogP) is 5.60. The van der Waals surface area contributed by atoms with Gasteiger partial charge >= 0.3 is 5.97 Å². The number of rotatable bonds is 8. The van der Waals surface area contributed by atoms with Crippen LogP contribution in [0.4, 0.5) is 5.69 Å². The molecule has 0 saturated heterocycles. The van der Waals surface area contributed by atoms with E-state index in [2.05, 4.69) is 15.5 Å². The Bertz CT molecular complexity index is 1600. The van der Waals surface area contributed by atoms with E-state index in [1.54, 1.807) is 31.2 Å². The van der Waals surface area contributed by atoms with Crippen LogP contribution < -0.4 is 5.32 Å². The molecule has 190 valence electrons. The molecule has 2 heterocycles. The Morgan fingerprint density at radius 2 is 1.68 bits per heavy atom. The second-order valence-corrected chi connectivity index (χ2v) is 9.38. The van der Waals surface area contributed by atoms with Crippen molar-refractivity contribution in [2.45, 2.75) is 12.1 Å². The summed E-state index contributed by atoms with van der Waals surface area (Å²) in [5.41, 5.74) is 4.69. The number of carbonyl (C=O) groups is 2. The summed E-state index contributed by atoms with van der Waals surface area (Å²) in [5, 5.41) is 13.3. The van der Waals surface area contributed by atoms with E-state index < -0.39 is 5.97 Å². The van der Waals surface area contributed by atoms with Gasteiger partial charge in [0.15, 0.2) is 11.0 Å². The molecular formula is C29H25N5O3S. The van der Waals surface area contributed by atoms with Crippen molar-refractivity contribution in [3.8, 4) is 22.6 Å². The largest absolute Gasteiger partial charge is 0.462 e. The average molecular weight is 524 g/mol. The number of carbonyl (C=O) groups excluding carboxylic acids is 2. The molecule has 38 heavy (non-hydrogen) atoms. The highest BCUT2D eigenvalue weighted by atomic mass is 32.2. The summed E-state index contributed by atoms with van der Waals surface area (Å²) in [5.74, 6) is 0.261. The number of anilines is 1. The van der Waals surface area contributed by atoms with E-state index in [0.29, 0.717) is 28.8 Å². The van der Waals surface area contributed by atoms with Crippen molar-refractivity contribution in [3.63, 3.8) is 0 Å². The molecule has 3 aromatic carbocycles. The van der Waals surface area contributed by atoms with Gasteiger partial charge in [-0.05, 0) is 43.3 Å². The fraction of sp³-hybridized carbons (Fsp3) is 0.138. The lowest BCUT2D eigenvalue weighted by molar-refractivity contribution is -0.113. The number of thioether (sulfide) groups is 1. The third kappa shape index (κ3) is 5.42. The molecule has 0 atom stereocenters. The topological polar surface area (TPSA) is 99.0 Å². The van der Waals surface area contributed by atoms with Gasteiger partial charge in [0.25, 0.3) is 0 Å². The molecule has 2 aromatic heterocycles. The van der Waals surface area contributed by atoms with Gasteiger partial charge in [-0.3, -0.25) is 4.79 Å². The molecule has 0 saturated carbocycles. The smallest absolute Gasteiger partial charge is 0.338 e. The monoisotopic (exact) mass is 523 g/mol. The molecule has 1 amide bonds. The van der Waals surface area contributed by atoms with Crippen LogP contribution in [0.5, 0.6) is 0 Å². The number of aromatic nitrogens is 4. The van der Waals surface area contributed by atoms with E-state index in [-0.39, 0.29) is 11.7 Å². The van der Waals surface area contributed by atoms with Crippen LogP contribution in [0, 0.1) is 0 Å². The molecule has 9 heteroatoms. The molecule has 0 aliphatic carbocycles. The molecule has 8 nitrogen and oxygen atoms in total. The molecule has 1 N–H and O–H groups in total. The number of nitrogens with one attached hydrogen (secondary N) is 1. The zero-order chi connectivity index (χ0) is 26.5. The van der Waals surface area contributed by atoms with Crippen LogP contribution in [-0.4, -0.2) is 44.0 Å². The third-order valence-corrected chi connectivity index (χ3v) is 6.89. The molecule has 5 rings (SSSR count). The first-order chi connectivity index (χ1) is 18.5. The van der Waals surface area contributed by atoms with E-state index >= 15 is 0 Å². The van der Waals surface area contributed by atoms with E-state index in [1.807, 2.05) is 72.3 Å². The number of esters is 1. The maximum atomic E-state index is 12.6. The van der Waals surface area contributed by atoms with Crippen LogP contribution in [0.15, 0.2) is 90.1 Å². The molecule has 0 radical (unpaired) electrons. The minimum Gasteiger partial charge on any atom is -0.462 e. The molecule has 5 aromatic rings. The first-order valence-corrected chi connectivity index (χ1v) is 13.1. The average Bonchev–Trinajstić information content (AvgIpc) is 3.32. The number of hydrogen-bond donors (Lipinski definition) is 1. The van der Waals surface area contributed by atoms with Crippen molar-refractivity contribution in [1.29, 1.82) is 0 Å². The molecule has 0 unspecified atom stereocenters. The highest BCUT2D eigenvalue weighted by Gasteiger charge is 2.17. The Morgan fingerprint density at radius 1 is 0.947 bits per heavy atom. The molecule has 0 aliphatic heterocycles. The second kappa shape index (κ2) is 11.3. The van der Waals surface area contributed by atoms with Gasteiger partial charge in [-0.25, -0.2) is 9.78 Å². The van der Waals surface area contributed by atoms with Crippen LogP contribution in [-0.2, 0) is 16.6 Å². The van der Waals surface area contributed by atoms with Crippen molar-refractivity contribution >= 4 is 40.2 Å². The third-order valence-electron chi connectivity index (χ3n) is 5.87. The number of ether oxygens (including phenoxy) is 1. The van der Waals surface area contributed by atoms with Gasteiger partial charge in [-0.2, -0.15) is 0 Å². The number of para-hydroxylation sites is 1. The minimum absolute atomic E-state index is 0.151. The highest BCUT2D eigenvalue weighted by Crippen LogP contribution is 2.32. The quantitative estimate of drug-likeness (QED) is 0.209. The van der Waals surface area contributed by atoms with E-state index in [9.17, 15) is 9.59 Å². The van der Waals surface area contributed by atoms with E-state index in [4.69, 9.17) is 9.72 Å². The van der Waals surface area contributed by atoms with Crippen molar-refractivity contribution in [3.05, 3.63) is 90.5 Å². The first kappa shape index (κ1) is 25.2. The first-order valence-electron chi connectivity index (χ1n) is 12.1. The van der Waals surface area contributed by atoms with Gasteiger partial charge in [-0.1, -0.05) is 60.3 Å². The Morgan fingerprint density at radius 3 is 2.45 bits per heavy atom. The lowest BCUT2D eigenvalue weighted by atomic mass is 10.0. The number of hydrogen-bond acceptors (Lipinski definition) is 7. The summed E-state index contributed by atoms with van der Waals surface area (Å²) >= 11 is 1.30. The van der Waals surface area contributed by atoms with Crippen LogP contribution >= 0.6 is 11.8 Å². The predicted molar refractivity (Wildman–Crippen MR) is 149 cm³/mol. The van der Waals surface area contributed by atoms with E-state index in [1.165, 1.54) is 11.8 Å². The number of fused-ring (bicyclic) bond motifs is 1. The Labute approximate surface area is 224 Å². The van der Waals surface area contributed by atoms with Gasteiger partial charge in [0.05, 0.1) is 29.1 Å². The Kier molecular flexibility index (Phi) is 7.46. The van der Waals surface area contributed by atoms with Crippen molar-refractivity contribution in [2.75, 3.05) is 17.7 Å². The summed E-state index contributed by atoms with van der Waals surface area (Å²) in [4.78, 5) is 29.2. The van der Waals surface area contributed by atoms with Gasteiger partial charge < -0.3 is 14.6 Å². The zero-order valence-corrected chi connectivity index (χ0v) is 21.7. The number of pyridine rings is 1. The Balaban J connectivity index is 1.33. The van der Waals surface area contributed by atoms with Gasteiger partial charge in [0.2, 0.25) is 5.91 Å². The number of amides is 1. The second-order valence-electron chi connectivity index (χ2n) is 8.44. The van der Waals surface area contributed by atoms with Crippen LogP contribution in [0.25, 0.3) is 33.5 Å². The number of benzene rings is 3. The number of nitrogens with zero attached hydrogens (tertiary/aromatic N) is 4. The van der Waals surface area contributed by atoms with Gasteiger partial charge in [0, 0.05) is 29.2 Å². The van der Waals surface area contributed by atoms with Crippen molar-refractivity contribution < 1.29 is 14.3 Å². The van der Waals surface area contributed by atoms with E-state index in [0.717, 1.165) is 27.7 Å². The maximum absolute atomic E-state index is 12.6. The van der Waals surface area contributed by atoms with Gasteiger partial charge in [-0.15, -0.1) is 10.2 Å². The fourth-order valence-corrected chi connectivity index (χ4v) is 4.73. The molecule has 0 fully saturated rings. The molecular weight excluding hydrogens is 498 g/mol. The fourth-order valence-electron chi connectivity index (χ4n) is 4.02. The van der Waals surface area contributed by atoms with Crippen LogP contribution in [0.2, 0.25) is 0 Å². The Hall–Kier alpha value is -4.50.